The van der Waals surface area contributed by atoms with Gasteiger partial charge in [-0.05, 0) is 17.9 Å². The molecule has 3 heteroatoms. The molecule has 17 heavy (non-hydrogen) atoms. The highest BCUT2D eigenvalue weighted by molar-refractivity contribution is 7.09. The summed E-state index contributed by atoms with van der Waals surface area (Å²) in [6.07, 6.45) is 3.73. The van der Waals surface area contributed by atoms with E-state index in [-0.39, 0.29) is 0 Å². The number of nitrogens with one attached hydrogen (secondary N) is 1. The third-order valence-corrected chi connectivity index (χ3v) is 3.58. The molecule has 0 aliphatic heterocycles. The maximum atomic E-state index is 5.95. The van der Waals surface area contributed by atoms with E-state index in [0.717, 1.165) is 26.0 Å². The van der Waals surface area contributed by atoms with Gasteiger partial charge in [0.1, 0.15) is 0 Å². The Morgan fingerprint density at radius 1 is 1.41 bits per heavy atom. The summed E-state index contributed by atoms with van der Waals surface area (Å²) in [5, 5.41) is 5.58. The van der Waals surface area contributed by atoms with E-state index in [1.54, 1.807) is 0 Å². The van der Waals surface area contributed by atoms with Crippen LogP contribution in [0, 0.1) is 0 Å². The van der Waals surface area contributed by atoms with E-state index in [2.05, 4.69) is 43.6 Å². The Morgan fingerprint density at radius 3 is 2.82 bits per heavy atom. The molecule has 1 N–H and O–H groups in total. The standard InChI is InChI=1S/C14H25NOS/c1-4-6-13(11-15-12(2)3)16-9-8-14-7-5-10-17-14/h5,7,10,12-13,15H,4,6,8-9,11H2,1-3H3. The summed E-state index contributed by atoms with van der Waals surface area (Å²) in [5.41, 5.74) is 0. The summed E-state index contributed by atoms with van der Waals surface area (Å²) in [6, 6.07) is 4.81. The van der Waals surface area contributed by atoms with Gasteiger partial charge in [-0.3, -0.25) is 0 Å². The quantitative estimate of drug-likeness (QED) is 0.729. The summed E-state index contributed by atoms with van der Waals surface area (Å²) in [4.78, 5) is 1.41. The van der Waals surface area contributed by atoms with Crippen molar-refractivity contribution in [1.82, 2.24) is 5.32 Å². The van der Waals surface area contributed by atoms with Crippen LogP contribution in [0.3, 0.4) is 0 Å². The van der Waals surface area contributed by atoms with Crippen molar-refractivity contribution in [2.75, 3.05) is 13.2 Å². The molecule has 0 aromatic carbocycles. The van der Waals surface area contributed by atoms with Gasteiger partial charge in [-0.2, -0.15) is 0 Å². The van der Waals surface area contributed by atoms with E-state index < -0.39 is 0 Å². The summed E-state index contributed by atoms with van der Waals surface area (Å²) < 4.78 is 5.95. The molecule has 0 saturated carbocycles. The average Bonchev–Trinajstić information content (AvgIpc) is 2.78. The maximum absolute atomic E-state index is 5.95. The molecule has 0 bridgehead atoms. The van der Waals surface area contributed by atoms with Crippen molar-refractivity contribution in [2.45, 2.75) is 52.2 Å². The van der Waals surface area contributed by atoms with Crippen molar-refractivity contribution in [1.29, 1.82) is 0 Å². The van der Waals surface area contributed by atoms with Crippen LogP contribution in [0.25, 0.3) is 0 Å². The summed E-state index contributed by atoms with van der Waals surface area (Å²) in [5.74, 6) is 0. The maximum Gasteiger partial charge on any atom is 0.0699 e. The summed E-state index contributed by atoms with van der Waals surface area (Å²) in [7, 11) is 0. The van der Waals surface area contributed by atoms with Gasteiger partial charge in [0.15, 0.2) is 0 Å². The summed E-state index contributed by atoms with van der Waals surface area (Å²) in [6.45, 7) is 8.37. The first kappa shape index (κ1) is 14.7. The Hall–Kier alpha value is -0.380. The molecule has 0 aliphatic rings. The van der Waals surface area contributed by atoms with Gasteiger partial charge in [0.25, 0.3) is 0 Å². The smallest absolute Gasteiger partial charge is 0.0699 e. The molecule has 0 aliphatic carbocycles. The summed E-state index contributed by atoms with van der Waals surface area (Å²) >= 11 is 1.81. The molecule has 0 fully saturated rings. The zero-order valence-electron chi connectivity index (χ0n) is 11.2. The second kappa shape index (κ2) is 8.67. The normalized spacial score (nSPS) is 13.2. The van der Waals surface area contributed by atoms with Gasteiger partial charge in [-0.1, -0.05) is 33.3 Å². The number of hydrogen-bond acceptors (Lipinski definition) is 3. The molecule has 1 unspecified atom stereocenters. The van der Waals surface area contributed by atoms with Crippen LogP contribution in [0.2, 0.25) is 0 Å². The lowest BCUT2D eigenvalue weighted by Crippen LogP contribution is -2.33. The van der Waals surface area contributed by atoms with E-state index in [1.165, 1.54) is 11.3 Å². The molecule has 0 spiro atoms. The Bertz CT molecular complexity index is 272. The second-order valence-electron chi connectivity index (χ2n) is 4.67. The van der Waals surface area contributed by atoms with Crippen LogP contribution < -0.4 is 5.32 Å². The fraction of sp³-hybridized carbons (Fsp3) is 0.714. The molecular weight excluding hydrogens is 230 g/mol. The Morgan fingerprint density at radius 2 is 2.24 bits per heavy atom. The first-order valence-electron chi connectivity index (χ1n) is 6.59. The van der Waals surface area contributed by atoms with Gasteiger partial charge >= 0.3 is 0 Å². The SMILES string of the molecule is CCCC(CNC(C)C)OCCc1cccs1. The van der Waals surface area contributed by atoms with Crippen LogP contribution in [0.5, 0.6) is 0 Å². The lowest BCUT2D eigenvalue weighted by Gasteiger charge is -2.19. The largest absolute Gasteiger partial charge is 0.377 e. The predicted octanol–water partition coefficient (Wildman–Crippen LogP) is 3.47. The molecule has 1 atom stereocenters. The van der Waals surface area contributed by atoms with E-state index in [4.69, 9.17) is 4.74 Å². The number of ether oxygens (including phenoxy) is 1. The highest BCUT2D eigenvalue weighted by Crippen LogP contribution is 2.10. The molecule has 0 amide bonds. The van der Waals surface area contributed by atoms with Crippen LogP contribution in [-0.2, 0) is 11.2 Å². The van der Waals surface area contributed by atoms with Crippen LogP contribution in [-0.4, -0.2) is 25.3 Å². The van der Waals surface area contributed by atoms with E-state index in [9.17, 15) is 0 Å². The van der Waals surface area contributed by atoms with Crippen LogP contribution in [0.1, 0.15) is 38.5 Å². The minimum absolute atomic E-state index is 0.363. The van der Waals surface area contributed by atoms with Gasteiger partial charge in [0.2, 0.25) is 0 Å². The first-order valence-corrected chi connectivity index (χ1v) is 7.47. The zero-order chi connectivity index (χ0) is 12.5. The van der Waals surface area contributed by atoms with E-state index >= 15 is 0 Å². The van der Waals surface area contributed by atoms with Crippen LogP contribution >= 0.6 is 11.3 Å². The van der Waals surface area contributed by atoms with Crippen molar-refractivity contribution >= 4 is 11.3 Å². The molecule has 0 radical (unpaired) electrons. The zero-order valence-corrected chi connectivity index (χ0v) is 12.1. The van der Waals surface area contributed by atoms with Gasteiger partial charge in [-0.15, -0.1) is 11.3 Å². The molecule has 0 saturated heterocycles. The fourth-order valence-electron chi connectivity index (χ4n) is 1.71. The number of rotatable bonds is 9. The van der Waals surface area contributed by atoms with Gasteiger partial charge in [-0.25, -0.2) is 0 Å². The molecule has 1 aromatic rings. The van der Waals surface area contributed by atoms with Crippen LogP contribution in [0.15, 0.2) is 17.5 Å². The number of thiophene rings is 1. The van der Waals surface area contributed by atoms with Crippen molar-refractivity contribution in [3.8, 4) is 0 Å². The third-order valence-electron chi connectivity index (χ3n) is 2.65. The minimum atomic E-state index is 0.363. The first-order chi connectivity index (χ1) is 8.22. The molecule has 1 heterocycles. The highest BCUT2D eigenvalue weighted by atomic mass is 32.1. The third kappa shape index (κ3) is 6.81. The molecule has 98 valence electrons. The average molecular weight is 255 g/mol. The van der Waals surface area contributed by atoms with Gasteiger partial charge in [0, 0.05) is 23.9 Å². The fourth-order valence-corrected chi connectivity index (χ4v) is 2.40. The minimum Gasteiger partial charge on any atom is -0.377 e. The van der Waals surface area contributed by atoms with Crippen molar-refractivity contribution in [3.05, 3.63) is 22.4 Å². The molecule has 1 aromatic heterocycles. The van der Waals surface area contributed by atoms with E-state index in [0.29, 0.717) is 12.1 Å². The Labute approximate surface area is 109 Å². The van der Waals surface area contributed by atoms with Crippen molar-refractivity contribution in [2.24, 2.45) is 0 Å². The van der Waals surface area contributed by atoms with Gasteiger partial charge < -0.3 is 10.1 Å². The lowest BCUT2D eigenvalue weighted by atomic mass is 10.2. The second-order valence-corrected chi connectivity index (χ2v) is 5.71. The van der Waals surface area contributed by atoms with Crippen molar-refractivity contribution < 1.29 is 4.74 Å². The monoisotopic (exact) mass is 255 g/mol. The number of hydrogen-bond donors (Lipinski definition) is 1. The Balaban J connectivity index is 2.19. The molecular formula is C14H25NOS. The van der Waals surface area contributed by atoms with Gasteiger partial charge in [0.05, 0.1) is 12.7 Å². The highest BCUT2D eigenvalue weighted by Gasteiger charge is 2.08. The topological polar surface area (TPSA) is 21.3 Å². The molecule has 2 nitrogen and oxygen atoms in total. The Kier molecular flexibility index (Phi) is 7.49. The van der Waals surface area contributed by atoms with Crippen LogP contribution in [0.4, 0.5) is 0 Å². The predicted molar refractivity (Wildman–Crippen MR) is 75.8 cm³/mol. The lowest BCUT2D eigenvalue weighted by molar-refractivity contribution is 0.0481. The van der Waals surface area contributed by atoms with E-state index in [1.807, 2.05) is 11.3 Å². The molecule has 1 rings (SSSR count). The van der Waals surface area contributed by atoms with Crippen molar-refractivity contribution in [3.63, 3.8) is 0 Å².